The number of benzene rings is 1. The number of nitrogens with zero attached hydrogens (tertiary/aromatic N) is 2. The summed E-state index contributed by atoms with van der Waals surface area (Å²) in [6.45, 7) is 6.68. The molecule has 0 bridgehead atoms. The van der Waals surface area contributed by atoms with Crippen molar-refractivity contribution in [2.24, 2.45) is 0 Å². The smallest absolute Gasteiger partial charge is 0.304 e. The van der Waals surface area contributed by atoms with E-state index in [4.69, 9.17) is 5.11 Å². The third kappa shape index (κ3) is 4.28. The standard InChI is InChI=1S/C15H21FN2O2/c1-12-2-3-13(10-14(12)16)11-18-8-6-17(7-9-18)5-4-15(19)20/h2-3,10H,4-9,11H2,1H3,(H,19,20). The van der Waals surface area contributed by atoms with Crippen LogP contribution in [0.3, 0.4) is 0 Å². The SMILES string of the molecule is Cc1ccc(CN2CCN(CCC(=O)O)CC2)cc1F. The largest absolute Gasteiger partial charge is 0.481 e. The topological polar surface area (TPSA) is 43.8 Å². The van der Waals surface area contributed by atoms with E-state index < -0.39 is 5.97 Å². The number of halogens is 1. The van der Waals surface area contributed by atoms with Crippen LogP contribution >= 0.6 is 0 Å². The Labute approximate surface area is 118 Å². The Hall–Kier alpha value is -1.46. The second kappa shape index (κ2) is 6.81. The average Bonchev–Trinajstić information content (AvgIpc) is 2.42. The number of carboxylic acid groups (broad SMARTS) is 1. The lowest BCUT2D eigenvalue weighted by atomic mass is 10.1. The van der Waals surface area contributed by atoms with E-state index in [1.54, 1.807) is 13.0 Å². The number of carboxylic acids is 1. The van der Waals surface area contributed by atoms with Crippen LogP contribution < -0.4 is 0 Å². The molecule has 1 N–H and O–H groups in total. The summed E-state index contributed by atoms with van der Waals surface area (Å²) in [5.74, 6) is -0.898. The lowest BCUT2D eigenvalue weighted by molar-refractivity contribution is -0.137. The maximum Gasteiger partial charge on any atom is 0.304 e. The van der Waals surface area contributed by atoms with Gasteiger partial charge >= 0.3 is 5.97 Å². The van der Waals surface area contributed by atoms with Crippen molar-refractivity contribution in [3.63, 3.8) is 0 Å². The molecule has 0 aromatic heterocycles. The molecule has 110 valence electrons. The van der Waals surface area contributed by atoms with Crippen LogP contribution in [0.5, 0.6) is 0 Å². The fourth-order valence-electron chi connectivity index (χ4n) is 2.42. The highest BCUT2D eigenvalue weighted by Gasteiger charge is 2.17. The zero-order valence-electron chi connectivity index (χ0n) is 11.8. The Kier molecular flexibility index (Phi) is 5.09. The van der Waals surface area contributed by atoms with Crippen LogP contribution in [0, 0.1) is 12.7 Å². The Morgan fingerprint density at radius 2 is 1.90 bits per heavy atom. The predicted octanol–water partition coefficient (Wildman–Crippen LogP) is 1.73. The Bertz CT molecular complexity index is 471. The molecule has 1 aromatic rings. The fourth-order valence-corrected chi connectivity index (χ4v) is 2.42. The minimum atomic E-state index is -0.748. The summed E-state index contributed by atoms with van der Waals surface area (Å²) < 4.78 is 13.5. The third-order valence-corrected chi connectivity index (χ3v) is 3.75. The van der Waals surface area contributed by atoms with Gasteiger partial charge in [0.15, 0.2) is 0 Å². The molecule has 1 heterocycles. The summed E-state index contributed by atoms with van der Waals surface area (Å²) >= 11 is 0. The summed E-state index contributed by atoms with van der Waals surface area (Å²) in [6.07, 6.45) is 0.198. The Morgan fingerprint density at radius 3 is 2.50 bits per heavy atom. The first-order valence-electron chi connectivity index (χ1n) is 6.96. The molecule has 0 atom stereocenters. The van der Waals surface area contributed by atoms with Gasteiger partial charge in [0.05, 0.1) is 6.42 Å². The molecule has 0 aliphatic carbocycles. The van der Waals surface area contributed by atoms with E-state index in [2.05, 4.69) is 9.80 Å². The summed E-state index contributed by atoms with van der Waals surface area (Å²) in [4.78, 5) is 15.0. The Morgan fingerprint density at radius 1 is 1.25 bits per heavy atom. The van der Waals surface area contributed by atoms with E-state index in [-0.39, 0.29) is 12.2 Å². The average molecular weight is 280 g/mol. The number of piperazine rings is 1. The molecule has 1 aromatic carbocycles. The third-order valence-electron chi connectivity index (χ3n) is 3.75. The molecular formula is C15H21FN2O2. The highest BCUT2D eigenvalue weighted by molar-refractivity contribution is 5.66. The summed E-state index contributed by atoms with van der Waals surface area (Å²) in [5.41, 5.74) is 1.67. The molecule has 0 unspecified atom stereocenters. The van der Waals surface area contributed by atoms with Gasteiger partial charge in [0.25, 0.3) is 0 Å². The van der Waals surface area contributed by atoms with Gasteiger partial charge in [0, 0.05) is 39.3 Å². The molecule has 0 spiro atoms. The van der Waals surface area contributed by atoms with Gasteiger partial charge in [-0.15, -0.1) is 0 Å². The van der Waals surface area contributed by atoms with Crippen molar-refractivity contribution in [3.8, 4) is 0 Å². The highest BCUT2D eigenvalue weighted by Crippen LogP contribution is 2.13. The zero-order valence-corrected chi connectivity index (χ0v) is 11.8. The van der Waals surface area contributed by atoms with Crippen LogP contribution in [0.4, 0.5) is 4.39 Å². The van der Waals surface area contributed by atoms with Gasteiger partial charge < -0.3 is 10.0 Å². The molecular weight excluding hydrogens is 259 g/mol. The van der Waals surface area contributed by atoms with Crippen LogP contribution in [-0.4, -0.2) is 53.6 Å². The molecule has 0 amide bonds. The predicted molar refractivity (Wildman–Crippen MR) is 75.1 cm³/mol. The maximum atomic E-state index is 13.5. The molecule has 1 aliphatic rings. The minimum absolute atomic E-state index is 0.150. The lowest BCUT2D eigenvalue weighted by Crippen LogP contribution is -2.46. The molecule has 1 saturated heterocycles. The van der Waals surface area contributed by atoms with E-state index in [1.165, 1.54) is 0 Å². The number of hydrogen-bond acceptors (Lipinski definition) is 3. The van der Waals surface area contributed by atoms with Crippen molar-refractivity contribution in [2.75, 3.05) is 32.7 Å². The normalized spacial score (nSPS) is 17.3. The van der Waals surface area contributed by atoms with E-state index in [0.29, 0.717) is 12.1 Å². The highest BCUT2D eigenvalue weighted by atomic mass is 19.1. The second-order valence-corrected chi connectivity index (χ2v) is 5.35. The van der Waals surface area contributed by atoms with Gasteiger partial charge in [0.2, 0.25) is 0 Å². The van der Waals surface area contributed by atoms with Gasteiger partial charge in [-0.05, 0) is 24.1 Å². The molecule has 4 nitrogen and oxygen atoms in total. The molecule has 0 saturated carbocycles. The lowest BCUT2D eigenvalue weighted by Gasteiger charge is -2.34. The second-order valence-electron chi connectivity index (χ2n) is 5.35. The first-order chi connectivity index (χ1) is 9.54. The van der Waals surface area contributed by atoms with Crippen molar-refractivity contribution in [3.05, 3.63) is 35.1 Å². The van der Waals surface area contributed by atoms with Gasteiger partial charge in [-0.3, -0.25) is 9.69 Å². The first kappa shape index (κ1) is 14.9. The van der Waals surface area contributed by atoms with Crippen LogP contribution in [0.1, 0.15) is 17.5 Å². The van der Waals surface area contributed by atoms with Gasteiger partial charge in [0.1, 0.15) is 5.82 Å². The van der Waals surface area contributed by atoms with Crippen LogP contribution in [-0.2, 0) is 11.3 Å². The van der Waals surface area contributed by atoms with E-state index in [1.807, 2.05) is 12.1 Å². The van der Waals surface area contributed by atoms with Gasteiger partial charge in [-0.25, -0.2) is 4.39 Å². The number of rotatable bonds is 5. The molecule has 1 fully saturated rings. The first-order valence-corrected chi connectivity index (χ1v) is 6.96. The van der Waals surface area contributed by atoms with Crippen molar-refractivity contribution >= 4 is 5.97 Å². The molecule has 1 aliphatic heterocycles. The molecule has 5 heteroatoms. The van der Waals surface area contributed by atoms with Crippen molar-refractivity contribution in [1.82, 2.24) is 9.80 Å². The summed E-state index contributed by atoms with van der Waals surface area (Å²) in [5, 5.41) is 8.67. The van der Waals surface area contributed by atoms with E-state index in [0.717, 1.165) is 38.3 Å². The Balaban J connectivity index is 1.79. The van der Waals surface area contributed by atoms with Crippen molar-refractivity contribution in [1.29, 1.82) is 0 Å². The summed E-state index contributed by atoms with van der Waals surface area (Å²) in [6, 6.07) is 5.38. The van der Waals surface area contributed by atoms with Crippen molar-refractivity contribution < 1.29 is 14.3 Å². The van der Waals surface area contributed by atoms with Crippen LogP contribution in [0.2, 0.25) is 0 Å². The molecule has 2 rings (SSSR count). The van der Waals surface area contributed by atoms with Crippen LogP contribution in [0.25, 0.3) is 0 Å². The quantitative estimate of drug-likeness (QED) is 0.892. The maximum absolute atomic E-state index is 13.5. The number of aryl methyl sites for hydroxylation is 1. The zero-order chi connectivity index (χ0) is 14.5. The fraction of sp³-hybridized carbons (Fsp3) is 0.533. The summed E-state index contributed by atoms with van der Waals surface area (Å²) in [7, 11) is 0. The monoisotopic (exact) mass is 280 g/mol. The van der Waals surface area contributed by atoms with Crippen molar-refractivity contribution in [2.45, 2.75) is 19.9 Å². The molecule has 20 heavy (non-hydrogen) atoms. The van der Waals surface area contributed by atoms with Gasteiger partial charge in [-0.2, -0.15) is 0 Å². The number of aliphatic carboxylic acids is 1. The van der Waals surface area contributed by atoms with Gasteiger partial charge in [-0.1, -0.05) is 12.1 Å². The van der Waals surface area contributed by atoms with E-state index in [9.17, 15) is 9.18 Å². The minimum Gasteiger partial charge on any atom is -0.481 e. The number of carbonyl (C=O) groups is 1. The van der Waals surface area contributed by atoms with E-state index >= 15 is 0 Å². The molecule has 0 radical (unpaired) electrons. The van der Waals surface area contributed by atoms with Crippen LogP contribution in [0.15, 0.2) is 18.2 Å². The number of hydrogen-bond donors (Lipinski definition) is 1.